The molecule has 4 rings (SSSR count). The van der Waals surface area contributed by atoms with Gasteiger partial charge in [-0.3, -0.25) is 14.9 Å². The monoisotopic (exact) mass is 397 g/mol. The molecule has 0 bridgehead atoms. The van der Waals surface area contributed by atoms with Gasteiger partial charge in [-0.1, -0.05) is 11.2 Å². The van der Waals surface area contributed by atoms with E-state index in [9.17, 15) is 9.59 Å². The van der Waals surface area contributed by atoms with Gasteiger partial charge in [0.1, 0.15) is 5.69 Å². The van der Waals surface area contributed by atoms with Crippen LogP contribution in [-0.4, -0.2) is 33.5 Å². The Morgan fingerprint density at radius 3 is 2.79 bits per heavy atom. The Morgan fingerprint density at radius 1 is 1.25 bits per heavy atom. The lowest BCUT2D eigenvalue weighted by molar-refractivity contribution is -0.122. The van der Waals surface area contributed by atoms with Crippen LogP contribution in [-0.2, 0) is 9.59 Å². The van der Waals surface area contributed by atoms with Gasteiger partial charge in [0.2, 0.25) is 11.8 Å². The molecule has 144 valence electrons. The second-order valence-corrected chi connectivity index (χ2v) is 7.89. The summed E-state index contributed by atoms with van der Waals surface area (Å²) in [5, 5.41) is 13.1. The molecule has 3 heterocycles. The first-order chi connectivity index (χ1) is 13.4. The van der Waals surface area contributed by atoms with Crippen molar-refractivity contribution < 1.29 is 14.0 Å². The van der Waals surface area contributed by atoms with E-state index in [1.54, 1.807) is 4.90 Å². The minimum atomic E-state index is -0.481. The third-order valence-corrected chi connectivity index (χ3v) is 5.56. The number of benzene rings is 1. The highest BCUT2D eigenvalue weighted by Gasteiger charge is 2.35. The van der Waals surface area contributed by atoms with E-state index < -0.39 is 5.92 Å². The quantitative estimate of drug-likeness (QED) is 0.726. The normalized spacial score (nSPS) is 16.6. The van der Waals surface area contributed by atoms with Crippen LogP contribution in [0.5, 0.6) is 0 Å². The SMILES string of the molecule is Cc1nc(-c2nnc(NC(=O)C3CC(=O)N(c4ccc(C)c(C)c4)C3)o2)cs1. The van der Waals surface area contributed by atoms with E-state index in [1.807, 2.05) is 44.4 Å². The van der Waals surface area contributed by atoms with E-state index in [2.05, 4.69) is 20.5 Å². The maximum atomic E-state index is 12.6. The number of aryl methyl sites for hydroxylation is 3. The van der Waals surface area contributed by atoms with Crippen LogP contribution < -0.4 is 10.2 Å². The zero-order valence-corrected chi connectivity index (χ0v) is 16.5. The third-order valence-electron chi connectivity index (χ3n) is 4.79. The minimum absolute atomic E-state index is 0.00253. The molecule has 1 fully saturated rings. The number of nitrogens with zero attached hydrogens (tertiary/aromatic N) is 4. The molecule has 3 aromatic rings. The molecule has 0 spiro atoms. The Balaban J connectivity index is 1.44. The summed E-state index contributed by atoms with van der Waals surface area (Å²) < 4.78 is 5.47. The molecule has 1 N–H and O–H groups in total. The molecule has 1 saturated heterocycles. The van der Waals surface area contributed by atoms with Crippen LogP contribution in [0.1, 0.15) is 22.6 Å². The average Bonchev–Trinajstić information content (AvgIpc) is 3.37. The van der Waals surface area contributed by atoms with Crippen molar-refractivity contribution in [1.29, 1.82) is 0 Å². The van der Waals surface area contributed by atoms with Gasteiger partial charge in [0.25, 0.3) is 5.89 Å². The first-order valence-electron chi connectivity index (χ1n) is 8.85. The van der Waals surface area contributed by atoms with Crippen molar-refractivity contribution in [3.8, 4) is 11.6 Å². The Bertz CT molecular complexity index is 1060. The molecule has 1 unspecified atom stereocenters. The summed E-state index contributed by atoms with van der Waals surface area (Å²) in [7, 11) is 0. The van der Waals surface area contributed by atoms with Crippen molar-refractivity contribution in [2.45, 2.75) is 27.2 Å². The average molecular weight is 397 g/mol. The second-order valence-electron chi connectivity index (χ2n) is 6.83. The lowest BCUT2D eigenvalue weighted by Crippen LogP contribution is -2.28. The third kappa shape index (κ3) is 3.53. The summed E-state index contributed by atoms with van der Waals surface area (Å²) in [6.07, 6.45) is 0.144. The highest BCUT2D eigenvalue weighted by molar-refractivity contribution is 7.09. The summed E-state index contributed by atoms with van der Waals surface area (Å²) in [5.41, 5.74) is 3.65. The molecule has 1 aliphatic heterocycles. The predicted octanol–water partition coefficient (Wildman–Crippen LogP) is 3.11. The molecule has 1 atom stereocenters. The number of hydrogen-bond donors (Lipinski definition) is 1. The van der Waals surface area contributed by atoms with Gasteiger partial charge in [0.15, 0.2) is 0 Å². The lowest BCUT2D eigenvalue weighted by Gasteiger charge is -2.17. The molecule has 2 aromatic heterocycles. The van der Waals surface area contributed by atoms with Gasteiger partial charge < -0.3 is 9.32 Å². The van der Waals surface area contributed by atoms with Crippen molar-refractivity contribution >= 4 is 34.9 Å². The Labute approximate surface area is 165 Å². The van der Waals surface area contributed by atoms with Gasteiger partial charge >= 0.3 is 6.01 Å². The Kier molecular flexibility index (Phi) is 4.68. The van der Waals surface area contributed by atoms with Crippen LogP contribution in [0.2, 0.25) is 0 Å². The molecule has 1 aliphatic rings. The van der Waals surface area contributed by atoms with Crippen LogP contribution in [0.15, 0.2) is 28.0 Å². The van der Waals surface area contributed by atoms with Crippen LogP contribution in [0.25, 0.3) is 11.6 Å². The molecule has 8 nitrogen and oxygen atoms in total. The van der Waals surface area contributed by atoms with Gasteiger partial charge in [-0.2, -0.15) is 0 Å². The largest absolute Gasteiger partial charge is 0.401 e. The van der Waals surface area contributed by atoms with Crippen LogP contribution >= 0.6 is 11.3 Å². The smallest absolute Gasteiger partial charge is 0.322 e. The van der Waals surface area contributed by atoms with E-state index in [1.165, 1.54) is 11.3 Å². The maximum absolute atomic E-state index is 12.6. The second kappa shape index (κ2) is 7.16. The highest BCUT2D eigenvalue weighted by atomic mass is 32.1. The molecular weight excluding hydrogens is 378 g/mol. The van der Waals surface area contributed by atoms with Crippen LogP contribution in [0.3, 0.4) is 0 Å². The van der Waals surface area contributed by atoms with E-state index in [0.29, 0.717) is 12.2 Å². The standard InChI is InChI=1S/C19H19N5O3S/c1-10-4-5-14(6-11(10)2)24-8-13(7-16(24)25)17(26)21-19-23-22-18(27-19)15-9-28-12(3)20-15/h4-6,9,13H,7-8H2,1-3H3,(H,21,23,26). The van der Waals surface area contributed by atoms with Gasteiger partial charge in [-0.15, -0.1) is 16.4 Å². The van der Waals surface area contributed by atoms with Crippen molar-refractivity contribution in [2.24, 2.45) is 5.92 Å². The first kappa shape index (κ1) is 18.3. The summed E-state index contributed by atoms with van der Waals surface area (Å²) in [6.45, 7) is 6.22. The summed E-state index contributed by atoms with van der Waals surface area (Å²) in [6, 6.07) is 5.85. The fourth-order valence-electron chi connectivity index (χ4n) is 3.07. The number of aromatic nitrogens is 3. The van der Waals surface area contributed by atoms with Crippen LogP contribution in [0.4, 0.5) is 11.7 Å². The topological polar surface area (TPSA) is 101 Å². The molecular formula is C19H19N5O3S. The maximum Gasteiger partial charge on any atom is 0.322 e. The number of rotatable bonds is 4. The van der Waals surface area contributed by atoms with Crippen molar-refractivity contribution in [2.75, 3.05) is 16.8 Å². The molecule has 0 radical (unpaired) electrons. The zero-order chi connectivity index (χ0) is 19.8. The molecule has 1 aromatic carbocycles. The molecule has 0 aliphatic carbocycles. The van der Waals surface area contributed by atoms with Gasteiger partial charge in [-0.05, 0) is 44.0 Å². The molecule has 28 heavy (non-hydrogen) atoms. The number of anilines is 2. The lowest BCUT2D eigenvalue weighted by atomic mass is 10.1. The summed E-state index contributed by atoms with van der Waals surface area (Å²) in [5.74, 6) is -0.623. The Hall–Kier alpha value is -3.07. The van der Waals surface area contributed by atoms with E-state index in [4.69, 9.17) is 4.42 Å². The molecule has 2 amide bonds. The van der Waals surface area contributed by atoms with Gasteiger partial charge in [0, 0.05) is 24.0 Å². The van der Waals surface area contributed by atoms with Gasteiger partial charge in [-0.25, -0.2) is 4.98 Å². The van der Waals surface area contributed by atoms with Crippen LogP contribution in [0, 0.1) is 26.7 Å². The zero-order valence-electron chi connectivity index (χ0n) is 15.7. The number of nitrogens with one attached hydrogen (secondary N) is 1. The molecule has 0 saturated carbocycles. The summed E-state index contributed by atoms with van der Waals surface area (Å²) in [4.78, 5) is 30.9. The number of hydrogen-bond acceptors (Lipinski definition) is 7. The first-order valence-corrected chi connectivity index (χ1v) is 9.73. The van der Waals surface area contributed by atoms with Crippen molar-refractivity contribution in [3.05, 3.63) is 39.7 Å². The fourth-order valence-corrected chi connectivity index (χ4v) is 3.66. The Morgan fingerprint density at radius 2 is 2.07 bits per heavy atom. The fraction of sp³-hybridized carbons (Fsp3) is 0.316. The van der Waals surface area contributed by atoms with E-state index in [0.717, 1.165) is 21.8 Å². The summed E-state index contributed by atoms with van der Waals surface area (Å²) >= 11 is 1.47. The number of thiazole rings is 1. The van der Waals surface area contributed by atoms with E-state index in [-0.39, 0.29) is 30.1 Å². The number of amides is 2. The minimum Gasteiger partial charge on any atom is -0.401 e. The molecule has 9 heteroatoms. The highest BCUT2D eigenvalue weighted by Crippen LogP contribution is 2.28. The van der Waals surface area contributed by atoms with Gasteiger partial charge in [0.05, 0.1) is 10.9 Å². The van der Waals surface area contributed by atoms with Crippen molar-refractivity contribution in [1.82, 2.24) is 15.2 Å². The number of carbonyl (C=O) groups is 2. The van der Waals surface area contributed by atoms with E-state index >= 15 is 0 Å². The predicted molar refractivity (Wildman–Crippen MR) is 105 cm³/mol. The van der Waals surface area contributed by atoms with Crippen molar-refractivity contribution in [3.63, 3.8) is 0 Å². The number of carbonyl (C=O) groups excluding carboxylic acids is 2.